The van der Waals surface area contributed by atoms with E-state index in [1.807, 2.05) is 19.1 Å². The fourth-order valence-corrected chi connectivity index (χ4v) is 2.12. The summed E-state index contributed by atoms with van der Waals surface area (Å²) in [6.45, 7) is 3.74. The molecule has 0 aliphatic rings. The summed E-state index contributed by atoms with van der Waals surface area (Å²) in [5.41, 5.74) is 1.19. The number of hydrogen-bond donors (Lipinski definition) is 1. The quantitative estimate of drug-likeness (QED) is 0.779. The van der Waals surface area contributed by atoms with Crippen LogP contribution in [-0.4, -0.2) is 24.9 Å². The van der Waals surface area contributed by atoms with E-state index in [1.165, 1.54) is 5.56 Å². The Balaban J connectivity index is 2.47. The summed E-state index contributed by atoms with van der Waals surface area (Å²) < 4.78 is 6.36. The molecule has 0 radical (unpaired) electrons. The summed E-state index contributed by atoms with van der Waals surface area (Å²) in [5, 5.41) is 9.37. The molecule has 0 heterocycles. The van der Waals surface area contributed by atoms with E-state index >= 15 is 0 Å². The first-order valence-electron chi connectivity index (χ1n) is 5.72. The summed E-state index contributed by atoms with van der Waals surface area (Å²) in [4.78, 5) is 0. The van der Waals surface area contributed by atoms with Gasteiger partial charge in [-0.15, -0.1) is 0 Å². The molecule has 1 rings (SSSR count). The van der Waals surface area contributed by atoms with Gasteiger partial charge in [0.25, 0.3) is 0 Å². The summed E-state index contributed by atoms with van der Waals surface area (Å²) in [7, 11) is 0. The van der Waals surface area contributed by atoms with Crippen LogP contribution in [0, 0.1) is 0 Å². The monoisotopic (exact) mass is 286 g/mol. The Labute approximate surface area is 106 Å². The number of ether oxygens (including phenoxy) is 1. The standard InChI is InChI=1S/C13H19BrO2/c1-2-16-8-4-6-12(10-15)11-5-3-7-13(14)9-11/h3,5,7,9,12,15H,2,4,6,8,10H2,1H3. The molecule has 1 atom stereocenters. The molecule has 0 aliphatic carbocycles. The van der Waals surface area contributed by atoms with Crippen molar-refractivity contribution in [3.05, 3.63) is 34.3 Å². The third-order valence-corrected chi connectivity index (χ3v) is 3.08. The van der Waals surface area contributed by atoms with Crippen LogP contribution < -0.4 is 0 Å². The zero-order valence-electron chi connectivity index (χ0n) is 9.66. The number of halogens is 1. The predicted octanol–water partition coefficient (Wildman–Crippen LogP) is 3.34. The van der Waals surface area contributed by atoms with Gasteiger partial charge in [0, 0.05) is 30.2 Å². The summed E-state index contributed by atoms with van der Waals surface area (Å²) in [6.07, 6.45) is 1.96. The molecule has 0 aromatic heterocycles. The fraction of sp³-hybridized carbons (Fsp3) is 0.538. The van der Waals surface area contributed by atoms with Gasteiger partial charge in [-0.1, -0.05) is 28.1 Å². The lowest BCUT2D eigenvalue weighted by Gasteiger charge is -2.14. The fourth-order valence-electron chi connectivity index (χ4n) is 1.70. The van der Waals surface area contributed by atoms with Gasteiger partial charge in [0.05, 0.1) is 0 Å². The Morgan fingerprint density at radius 2 is 2.25 bits per heavy atom. The maximum Gasteiger partial charge on any atom is 0.0499 e. The summed E-state index contributed by atoms with van der Waals surface area (Å²) in [5.74, 6) is 0.220. The summed E-state index contributed by atoms with van der Waals surface area (Å²) in [6, 6.07) is 8.14. The molecule has 0 saturated carbocycles. The second kappa shape index (κ2) is 7.82. The maximum absolute atomic E-state index is 9.37. The van der Waals surface area contributed by atoms with E-state index in [-0.39, 0.29) is 12.5 Å². The molecule has 0 fully saturated rings. The molecule has 1 aromatic rings. The molecule has 0 bridgehead atoms. The molecule has 16 heavy (non-hydrogen) atoms. The van der Waals surface area contributed by atoms with Crippen LogP contribution in [0.5, 0.6) is 0 Å². The van der Waals surface area contributed by atoms with Crippen molar-refractivity contribution in [1.29, 1.82) is 0 Å². The molecule has 1 aromatic carbocycles. The smallest absolute Gasteiger partial charge is 0.0499 e. The second-order valence-electron chi connectivity index (χ2n) is 3.77. The van der Waals surface area contributed by atoms with Crippen molar-refractivity contribution in [3.8, 4) is 0 Å². The Bertz CT molecular complexity index is 302. The Hall–Kier alpha value is -0.380. The van der Waals surface area contributed by atoms with Gasteiger partial charge in [-0.3, -0.25) is 0 Å². The van der Waals surface area contributed by atoms with Gasteiger partial charge in [0.15, 0.2) is 0 Å². The van der Waals surface area contributed by atoms with Crippen molar-refractivity contribution < 1.29 is 9.84 Å². The highest BCUT2D eigenvalue weighted by molar-refractivity contribution is 9.10. The Morgan fingerprint density at radius 3 is 2.88 bits per heavy atom. The van der Waals surface area contributed by atoms with Crippen molar-refractivity contribution in [2.75, 3.05) is 19.8 Å². The van der Waals surface area contributed by atoms with E-state index in [4.69, 9.17) is 4.74 Å². The molecular weight excluding hydrogens is 268 g/mol. The van der Waals surface area contributed by atoms with E-state index in [1.54, 1.807) is 0 Å². The van der Waals surface area contributed by atoms with E-state index in [9.17, 15) is 5.11 Å². The number of rotatable bonds is 7. The number of benzene rings is 1. The minimum Gasteiger partial charge on any atom is -0.396 e. The van der Waals surface area contributed by atoms with Crippen molar-refractivity contribution in [3.63, 3.8) is 0 Å². The molecule has 0 saturated heterocycles. The zero-order chi connectivity index (χ0) is 11.8. The van der Waals surface area contributed by atoms with Crippen molar-refractivity contribution in [2.45, 2.75) is 25.7 Å². The van der Waals surface area contributed by atoms with Crippen LogP contribution >= 0.6 is 15.9 Å². The highest BCUT2D eigenvalue weighted by Gasteiger charge is 2.10. The third-order valence-electron chi connectivity index (χ3n) is 2.59. The van der Waals surface area contributed by atoms with Crippen LogP contribution in [-0.2, 0) is 4.74 Å². The predicted molar refractivity (Wildman–Crippen MR) is 69.7 cm³/mol. The number of hydrogen-bond acceptors (Lipinski definition) is 2. The maximum atomic E-state index is 9.37. The lowest BCUT2D eigenvalue weighted by atomic mass is 9.95. The zero-order valence-corrected chi connectivity index (χ0v) is 11.2. The molecule has 0 aliphatic heterocycles. The number of aliphatic hydroxyl groups excluding tert-OH is 1. The van der Waals surface area contributed by atoms with E-state index in [0.29, 0.717) is 0 Å². The normalized spacial score (nSPS) is 12.7. The Morgan fingerprint density at radius 1 is 1.44 bits per heavy atom. The molecule has 0 spiro atoms. The number of aliphatic hydroxyl groups is 1. The van der Waals surface area contributed by atoms with E-state index in [0.717, 1.165) is 30.5 Å². The molecule has 3 heteroatoms. The molecule has 1 unspecified atom stereocenters. The van der Waals surface area contributed by atoms with Gasteiger partial charge >= 0.3 is 0 Å². The third kappa shape index (κ3) is 4.64. The minimum absolute atomic E-state index is 0.197. The van der Waals surface area contributed by atoms with Gasteiger partial charge in [-0.25, -0.2) is 0 Å². The molecular formula is C13H19BrO2. The molecule has 0 amide bonds. The van der Waals surface area contributed by atoms with Gasteiger partial charge in [0.1, 0.15) is 0 Å². The van der Waals surface area contributed by atoms with Crippen LogP contribution in [0.25, 0.3) is 0 Å². The van der Waals surface area contributed by atoms with Crippen LogP contribution in [0.15, 0.2) is 28.7 Å². The highest BCUT2D eigenvalue weighted by atomic mass is 79.9. The topological polar surface area (TPSA) is 29.5 Å². The summed E-state index contributed by atoms with van der Waals surface area (Å²) >= 11 is 3.45. The van der Waals surface area contributed by atoms with Gasteiger partial charge < -0.3 is 9.84 Å². The van der Waals surface area contributed by atoms with Gasteiger partial charge in [-0.05, 0) is 37.5 Å². The van der Waals surface area contributed by atoms with Crippen molar-refractivity contribution in [2.24, 2.45) is 0 Å². The van der Waals surface area contributed by atoms with E-state index in [2.05, 4.69) is 28.1 Å². The first kappa shape index (κ1) is 13.7. The lowest BCUT2D eigenvalue weighted by molar-refractivity contribution is 0.138. The van der Waals surface area contributed by atoms with Crippen LogP contribution in [0.2, 0.25) is 0 Å². The largest absolute Gasteiger partial charge is 0.396 e. The minimum atomic E-state index is 0.197. The van der Waals surface area contributed by atoms with Crippen molar-refractivity contribution in [1.82, 2.24) is 0 Å². The first-order chi connectivity index (χ1) is 7.77. The molecule has 2 nitrogen and oxygen atoms in total. The van der Waals surface area contributed by atoms with Crippen LogP contribution in [0.4, 0.5) is 0 Å². The average molecular weight is 287 g/mol. The lowest BCUT2D eigenvalue weighted by Crippen LogP contribution is -2.06. The van der Waals surface area contributed by atoms with Gasteiger partial charge in [-0.2, -0.15) is 0 Å². The van der Waals surface area contributed by atoms with E-state index < -0.39 is 0 Å². The molecule has 90 valence electrons. The van der Waals surface area contributed by atoms with Crippen molar-refractivity contribution >= 4 is 15.9 Å². The molecule has 1 N–H and O–H groups in total. The Kier molecular flexibility index (Phi) is 6.69. The second-order valence-corrected chi connectivity index (χ2v) is 4.69. The SMILES string of the molecule is CCOCCCC(CO)c1cccc(Br)c1. The van der Waals surface area contributed by atoms with Gasteiger partial charge in [0.2, 0.25) is 0 Å². The first-order valence-corrected chi connectivity index (χ1v) is 6.51. The highest BCUT2D eigenvalue weighted by Crippen LogP contribution is 2.23. The van der Waals surface area contributed by atoms with Crippen LogP contribution in [0.3, 0.4) is 0 Å². The van der Waals surface area contributed by atoms with Crippen LogP contribution in [0.1, 0.15) is 31.2 Å². The average Bonchev–Trinajstić information content (AvgIpc) is 2.29.